The number of benzene rings is 2. The van der Waals surface area contributed by atoms with Crippen molar-refractivity contribution in [3.8, 4) is 5.75 Å². The van der Waals surface area contributed by atoms with Crippen LogP contribution in [0.1, 0.15) is 30.9 Å². The maximum Gasteiger partial charge on any atom is 0.252 e. The van der Waals surface area contributed by atoms with Gasteiger partial charge in [-0.05, 0) is 35.2 Å². The average Bonchev–Trinajstić information content (AvgIpc) is 2.98. The largest absolute Gasteiger partial charge is 0.497 e. The van der Waals surface area contributed by atoms with Gasteiger partial charge in [0.15, 0.2) is 4.80 Å². The molecule has 0 aliphatic heterocycles. The molecule has 140 valence electrons. The number of nitrogens with zero attached hydrogens (tertiary/aromatic N) is 2. The Labute approximate surface area is 163 Å². The number of carbonyl (C=O) groups excluding carboxylic acids is 1. The third kappa shape index (κ3) is 4.37. The number of thiazole rings is 1. The molecule has 0 saturated heterocycles. The van der Waals surface area contributed by atoms with Crippen molar-refractivity contribution in [1.82, 2.24) is 4.57 Å². The maximum absolute atomic E-state index is 12.5. The van der Waals surface area contributed by atoms with Crippen molar-refractivity contribution in [2.24, 2.45) is 4.99 Å². The fourth-order valence-electron chi connectivity index (χ4n) is 2.91. The third-order valence-corrected chi connectivity index (χ3v) is 5.46. The molecule has 0 N–H and O–H groups in total. The Kier molecular flexibility index (Phi) is 5.91. The molecular formula is C22H24N2O2S. The lowest BCUT2D eigenvalue weighted by molar-refractivity contribution is -0.117. The Morgan fingerprint density at radius 3 is 2.63 bits per heavy atom. The molecule has 1 heterocycles. The summed E-state index contributed by atoms with van der Waals surface area (Å²) >= 11 is 1.49. The molecule has 0 unspecified atom stereocenters. The summed E-state index contributed by atoms with van der Waals surface area (Å²) in [6, 6.07) is 14.0. The van der Waals surface area contributed by atoms with Crippen LogP contribution in [0.15, 0.2) is 60.1 Å². The van der Waals surface area contributed by atoms with Crippen LogP contribution in [0, 0.1) is 0 Å². The van der Waals surface area contributed by atoms with Gasteiger partial charge in [0.1, 0.15) is 5.75 Å². The summed E-state index contributed by atoms with van der Waals surface area (Å²) in [6.45, 7) is 8.73. The first-order chi connectivity index (χ1) is 13.0. The van der Waals surface area contributed by atoms with Gasteiger partial charge in [0.25, 0.3) is 5.91 Å². The maximum atomic E-state index is 12.5. The van der Waals surface area contributed by atoms with E-state index in [2.05, 4.69) is 37.6 Å². The Morgan fingerprint density at radius 2 is 2.00 bits per heavy atom. The molecule has 0 aliphatic rings. The van der Waals surface area contributed by atoms with Crippen LogP contribution in [0.5, 0.6) is 5.75 Å². The number of amides is 1. The summed E-state index contributed by atoms with van der Waals surface area (Å²) in [7, 11) is 1.64. The van der Waals surface area contributed by atoms with E-state index in [1.807, 2.05) is 41.0 Å². The van der Waals surface area contributed by atoms with Crippen LogP contribution < -0.4 is 9.54 Å². The number of carbonyl (C=O) groups is 1. The topological polar surface area (TPSA) is 43.6 Å². The summed E-state index contributed by atoms with van der Waals surface area (Å²) in [5, 5.41) is 0. The molecule has 0 saturated carbocycles. The summed E-state index contributed by atoms with van der Waals surface area (Å²) < 4.78 is 8.34. The SMILES string of the molecule is C=CCn1c(=NC(=O)Cc2ccc(C(C)C)cc2)sc2cc(OC)ccc21. The molecule has 5 heteroatoms. The van der Waals surface area contributed by atoms with Gasteiger partial charge >= 0.3 is 0 Å². The first-order valence-corrected chi connectivity index (χ1v) is 9.78. The highest BCUT2D eigenvalue weighted by Crippen LogP contribution is 2.23. The standard InChI is InChI=1S/C22H24N2O2S/c1-5-12-24-19-11-10-18(26-4)14-20(19)27-22(24)23-21(25)13-16-6-8-17(9-7-16)15(2)3/h5-11,14-15H,1,12-13H2,2-4H3. The molecule has 4 nitrogen and oxygen atoms in total. The Bertz CT molecular complexity index is 1030. The molecular weight excluding hydrogens is 356 g/mol. The van der Waals surface area contributed by atoms with Gasteiger partial charge in [0, 0.05) is 6.54 Å². The van der Waals surface area contributed by atoms with Gasteiger partial charge in [-0.3, -0.25) is 4.79 Å². The number of allylic oxidation sites excluding steroid dienone is 1. The fourth-order valence-corrected chi connectivity index (χ4v) is 4.00. The van der Waals surface area contributed by atoms with Crippen molar-refractivity contribution < 1.29 is 9.53 Å². The van der Waals surface area contributed by atoms with Gasteiger partial charge in [-0.25, -0.2) is 0 Å². The highest BCUT2D eigenvalue weighted by molar-refractivity contribution is 7.16. The van der Waals surface area contributed by atoms with Gasteiger partial charge in [0.2, 0.25) is 0 Å². The second kappa shape index (κ2) is 8.35. The molecule has 2 aromatic carbocycles. The van der Waals surface area contributed by atoms with Crippen LogP contribution in [-0.4, -0.2) is 17.6 Å². The van der Waals surface area contributed by atoms with Crippen LogP contribution in [0.2, 0.25) is 0 Å². The number of methoxy groups -OCH3 is 1. The smallest absolute Gasteiger partial charge is 0.252 e. The van der Waals surface area contributed by atoms with Gasteiger partial charge in [-0.15, -0.1) is 6.58 Å². The van der Waals surface area contributed by atoms with Crippen LogP contribution in [0.4, 0.5) is 0 Å². The first kappa shape index (κ1) is 19.1. The number of hydrogen-bond donors (Lipinski definition) is 0. The van der Waals surface area contributed by atoms with E-state index < -0.39 is 0 Å². The van der Waals surface area contributed by atoms with Crippen molar-refractivity contribution >= 4 is 27.5 Å². The Balaban J connectivity index is 1.92. The van der Waals surface area contributed by atoms with Crippen LogP contribution in [-0.2, 0) is 17.8 Å². The third-order valence-electron chi connectivity index (χ3n) is 4.42. The van der Waals surface area contributed by atoms with E-state index in [9.17, 15) is 4.79 Å². The molecule has 0 bridgehead atoms. The van der Waals surface area contributed by atoms with Gasteiger partial charge < -0.3 is 9.30 Å². The number of rotatable bonds is 6. The van der Waals surface area contributed by atoms with E-state index in [1.165, 1.54) is 16.9 Å². The van der Waals surface area contributed by atoms with Crippen LogP contribution in [0.25, 0.3) is 10.2 Å². The molecule has 3 rings (SSSR count). The summed E-state index contributed by atoms with van der Waals surface area (Å²) in [4.78, 5) is 17.6. The lowest BCUT2D eigenvalue weighted by Crippen LogP contribution is -2.16. The fraction of sp³-hybridized carbons (Fsp3) is 0.273. The van der Waals surface area contributed by atoms with E-state index in [4.69, 9.17) is 4.74 Å². The molecule has 0 spiro atoms. The highest BCUT2D eigenvalue weighted by Gasteiger charge is 2.09. The predicted octanol–water partition coefficient (Wildman–Crippen LogP) is 4.69. The molecule has 1 aromatic heterocycles. The highest BCUT2D eigenvalue weighted by atomic mass is 32.1. The zero-order valence-corrected chi connectivity index (χ0v) is 16.8. The molecule has 0 radical (unpaired) electrons. The van der Waals surface area contributed by atoms with Crippen molar-refractivity contribution in [3.63, 3.8) is 0 Å². The van der Waals surface area contributed by atoms with Crippen molar-refractivity contribution in [3.05, 3.63) is 71.0 Å². The van der Waals surface area contributed by atoms with E-state index in [0.29, 0.717) is 23.7 Å². The van der Waals surface area contributed by atoms with E-state index >= 15 is 0 Å². The number of ether oxygens (including phenoxy) is 1. The Morgan fingerprint density at radius 1 is 1.26 bits per heavy atom. The van der Waals surface area contributed by atoms with Crippen molar-refractivity contribution in [1.29, 1.82) is 0 Å². The lowest BCUT2D eigenvalue weighted by Gasteiger charge is -2.05. The van der Waals surface area contributed by atoms with Crippen molar-refractivity contribution in [2.45, 2.75) is 32.7 Å². The van der Waals surface area contributed by atoms with Crippen LogP contribution in [0.3, 0.4) is 0 Å². The minimum atomic E-state index is -0.149. The van der Waals surface area contributed by atoms with Gasteiger partial charge in [0.05, 0.1) is 23.7 Å². The van der Waals surface area contributed by atoms with Gasteiger partial charge in [-0.2, -0.15) is 4.99 Å². The van der Waals surface area contributed by atoms with Gasteiger partial charge in [-0.1, -0.05) is 55.5 Å². The molecule has 3 aromatic rings. The van der Waals surface area contributed by atoms with Crippen LogP contribution >= 0.6 is 11.3 Å². The zero-order chi connectivity index (χ0) is 19.4. The molecule has 0 atom stereocenters. The molecule has 0 aliphatic carbocycles. The number of aromatic nitrogens is 1. The summed E-state index contributed by atoms with van der Waals surface area (Å²) in [5.41, 5.74) is 3.27. The Hall–Kier alpha value is -2.66. The zero-order valence-electron chi connectivity index (χ0n) is 15.9. The summed E-state index contributed by atoms with van der Waals surface area (Å²) in [5.74, 6) is 1.12. The molecule has 1 amide bonds. The molecule has 0 fully saturated rings. The monoisotopic (exact) mass is 380 g/mol. The number of hydrogen-bond acceptors (Lipinski definition) is 3. The molecule has 27 heavy (non-hydrogen) atoms. The van der Waals surface area contributed by atoms with Crippen molar-refractivity contribution in [2.75, 3.05) is 7.11 Å². The predicted molar refractivity (Wildman–Crippen MR) is 111 cm³/mol. The minimum absolute atomic E-state index is 0.149. The quantitative estimate of drug-likeness (QED) is 0.582. The second-order valence-electron chi connectivity index (χ2n) is 6.70. The van der Waals surface area contributed by atoms with E-state index in [0.717, 1.165) is 21.5 Å². The number of fused-ring (bicyclic) bond motifs is 1. The van der Waals surface area contributed by atoms with E-state index in [-0.39, 0.29) is 5.91 Å². The van der Waals surface area contributed by atoms with E-state index in [1.54, 1.807) is 7.11 Å². The first-order valence-electron chi connectivity index (χ1n) is 8.96. The summed E-state index contributed by atoms with van der Waals surface area (Å²) in [6.07, 6.45) is 2.11. The minimum Gasteiger partial charge on any atom is -0.497 e. The lowest BCUT2D eigenvalue weighted by atomic mass is 10.0. The average molecular weight is 381 g/mol. The normalized spacial score (nSPS) is 11.9. The second-order valence-corrected chi connectivity index (χ2v) is 7.71.